The van der Waals surface area contributed by atoms with Crippen molar-refractivity contribution >= 4 is 27.7 Å². The van der Waals surface area contributed by atoms with Gasteiger partial charge in [-0.3, -0.25) is 10.1 Å². The van der Waals surface area contributed by atoms with Crippen LogP contribution in [0.25, 0.3) is 0 Å². The summed E-state index contributed by atoms with van der Waals surface area (Å²) in [6.45, 7) is 2.18. The minimum Gasteiger partial charge on any atom is -0.453 e. The van der Waals surface area contributed by atoms with Crippen molar-refractivity contribution < 1.29 is 22.7 Å². The summed E-state index contributed by atoms with van der Waals surface area (Å²) < 4.78 is 32.1. The smallest absolute Gasteiger partial charge is 0.411 e. The average Bonchev–Trinajstić information content (AvgIpc) is 3.03. The number of rotatable bonds is 4. The molecule has 0 unspecified atom stereocenters. The van der Waals surface area contributed by atoms with Gasteiger partial charge in [0.1, 0.15) is 0 Å². The highest BCUT2D eigenvalue weighted by Crippen LogP contribution is 2.26. The van der Waals surface area contributed by atoms with Crippen molar-refractivity contribution in [3.05, 3.63) is 24.3 Å². The van der Waals surface area contributed by atoms with Gasteiger partial charge in [-0.25, -0.2) is 13.2 Å². The van der Waals surface area contributed by atoms with Crippen LogP contribution in [0, 0.1) is 5.92 Å². The van der Waals surface area contributed by atoms with Gasteiger partial charge in [0.05, 0.1) is 17.9 Å². The van der Waals surface area contributed by atoms with Gasteiger partial charge in [0.2, 0.25) is 15.9 Å². The first-order chi connectivity index (χ1) is 13.9. The van der Waals surface area contributed by atoms with Gasteiger partial charge in [-0.2, -0.15) is 4.31 Å². The highest BCUT2D eigenvalue weighted by molar-refractivity contribution is 7.89. The number of sulfonamides is 1. The van der Waals surface area contributed by atoms with Gasteiger partial charge in [0, 0.05) is 31.9 Å². The topological polar surface area (TPSA) is 96.0 Å². The fourth-order valence-corrected chi connectivity index (χ4v) is 5.46. The van der Waals surface area contributed by atoms with Crippen LogP contribution in [-0.2, 0) is 19.6 Å². The number of nitrogens with zero attached hydrogens (tertiary/aromatic N) is 2. The van der Waals surface area contributed by atoms with E-state index in [2.05, 4.69) is 10.1 Å². The molecule has 1 aromatic carbocycles. The molecule has 9 heteroatoms. The Balaban J connectivity index is 1.68. The molecule has 29 heavy (non-hydrogen) atoms. The first-order valence-corrected chi connectivity index (χ1v) is 11.6. The molecule has 1 atom stereocenters. The molecule has 0 spiro atoms. The molecule has 2 fully saturated rings. The molecule has 0 bridgehead atoms. The fraction of sp³-hybridized carbons (Fsp3) is 0.600. The Morgan fingerprint density at radius 1 is 1.00 bits per heavy atom. The highest BCUT2D eigenvalue weighted by atomic mass is 32.2. The van der Waals surface area contributed by atoms with Crippen LogP contribution >= 0.6 is 0 Å². The Labute approximate surface area is 172 Å². The summed E-state index contributed by atoms with van der Waals surface area (Å²) in [5.41, 5.74) is 0.448. The van der Waals surface area contributed by atoms with Crippen LogP contribution in [0.5, 0.6) is 0 Å². The Kier molecular flexibility index (Phi) is 7.13. The molecule has 2 amide bonds. The summed E-state index contributed by atoms with van der Waals surface area (Å²) in [6, 6.07) is 5.96. The molecule has 2 aliphatic rings. The summed E-state index contributed by atoms with van der Waals surface area (Å²) >= 11 is 0. The Morgan fingerprint density at radius 2 is 1.66 bits per heavy atom. The molecule has 1 N–H and O–H groups in total. The average molecular weight is 424 g/mol. The molecule has 8 nitrogen and oxygen atoms in total. The molecule has 3 rings (SSSR count). The predicted octanol–water partition coefficient (Wildman–Crippen LogP) is 2.67. The number of piperidine rings is 1. The summed E-state index contributed by atoms with van der Waals surface area (Å²) in [5.74, 6) is -0.193. The van der Waals surface area contributed by atoms with Crippen LogP contribution in [0.1, 0.15) is 38.5 Å². The zero-order valence-corrected chi connectivity index (χ0v) is 17.6. The lowest BCUT2D eigenvalue weighted by atomic mass is 9.98. The molecule has 2 heterocycles. The van der Waals surface area contributed by atoms with Crippen molar-refractivity contribution in [2.75, 3.05) is 38.6 Å². The Morgan fingerprint density at radius 3 is 2.28 bits per heavy atom. The SMILES string of the molecule is COC(=O)Nc1ccc(S(=O)(=O)N2CCC[C@H](C(=O)N3CCCCCC3)C2)cc1. The van der Waals surface area contributed by atoms with E-state index in [9.17, 15) is 18.0 Å². The molecular weight excluding hydrogens is 394 g/mol. The number of carbonyl (C=O) groups is 2. The number of likely N-dealkylation sites (tertiary alicyclic amines) is 1. The maximum absolute atomic E-state index is 13.1. The van der Waals surface area contributed by atoms with Crippen molar-refractivity contribution in [2.45, 2.75) is 43.4 Å². The van der Waals surface area contributed by atoms with Gasteiger partial charge in [-0.1, -0.05) is 12.8 Å². The van der Waals surface area contributed by atoms with Gasteiger partial charge >= 0.3 is 6.09 Å². The maximum atomic E-state index is 13.1. The second-order valence-electron chi connectivity index (χ2n) is 7.58. The van der Waals surface area contributed by atoms with Crippen LogP contribution in [0.3, 0.4) is 0 Å². The van der Waals surface area contributed by atoms with E-state index in [1.54, 1.807) is 0 Å². The zero-order valence-electron chi connectivity index (χ0n) is 16.8. The lowest BCUT2D eigenvalue weighted by molar-refractivity contribution is -0.136. The monoisotopic (exact) mass is 423 g/mol. The second-order valence-corrected chi connectivity index (χ2v) is 9.52. The number of anilines is 1. The van der Waals surface area contributed by atoms with E-state index in [-0.39, 0.29) is 23.3 Å². The van der Waals surface area contributed by atoms with Crippen LogP contribution < -0.4 is 5.32 Å². The van der Waals surface area contributed by atoms with Gasteiger partial charge in [-0.15, -0.1) is 0 Å². The minimum absolute atomic E-state index is 0.0874. The third-order valence-electron chi connectivity index (χ3n) is 5.57. The summed E-state index contributed by atoms with van der Waals surface area (Å²) in [5, 5.41) is 2.49. The quantitative estimate of drug-likeness (QED) is 0.803. The lowest BCUT2D eigenvalue weighted by Crippen LogP contribution is -2.46. The van der Waals surface area contributed by atoms with E-state index in [1.165, 1.54) is 35.7 Å². The van der Waals surface area contributed by atoms with Gasteiger partial charge in [0.15, 0.2) is 0 Å². The Bertz CT molecular complexity index is 817. The van der Waals surface area contributed by atoms with Crippen LogP contribution in [0.2, 0.25) is 0 Å². The minimum atomic E-state index is -3.70. The standard InChI is InChI=1S/C20H29N3O5S/c1-28-20(25)21-17-8-10-18(11-9-17)29(26,27)23-14-6-7-16(15-23)19(24)22-12-4-2-3-5-13-22/h8-11,16H,2-7,12-15H2,1H3,(H,21,25)/t16-/m0/s1. The number of hydrogen-bond acceptors (Lipinski definition) is 5. The Hall–Kier alpha value is -2.13. The largest absolute Gasteiger partial charge is 0.453 e. The summed E-state index contributed by atoms with van der Waals surface area (Å²) in [6.07, 6.45) is 5.12. The fourth-order valence-electron chi connectivity index (χ4n) is 3.94. The molecule has 0 saturated carbocycles. The van der Waals surface area contributed by atoms with Crippen LogP contribution in [-0.4, -0.2) is 62.9 Å². The normalized spacial score (nSPS) is 21.3. The number of ether oxygens (including phenoxy) is 1. The van der Waals surface area contributed by atoms with Crippen LogP contribution in [0.15, 0.2) is 29.2 Å². The second kappa shape index (κ2) is 9.58. The molecule has 2 saturated heterocycles. The maximum Gasteiger partial charge on any atom is 0.411 e. The molecule has 1 aromatic rings. The van der Waals surface area contributed by atoms with Crippen LogP contribution in [0.4, 0.5) is 10.5 Å². The third kappa shape index (κ3) is 5.27. The first kappa shape index (κ1) is 21.6. The van der Waals surface area contributed by atoms with Crippen molar-refractivity contribution in [3.8, 4) is 0 Å². The van der Waals surface area contributed by atoms with E-state index in [4.69, 9.17) is 0 Å². The number of carbonyl (C=O) groups excluding carboxylic acids is 2. The molecule has 160 valence electrons. The number of benzene rings is 1. The van der Waals surface area contributed by atoms with E-state index in [0.717, 1.165) is 45.2 Å². The summed E-state index contributed by atoms with van der Waals surface area (Å²) in [4.78, 5) is 26.3. The van der Waals surface area contributed by atoms with Gasteiger partial charge in [-0.05, 0) is 49.9 Å². The zero-order chi connectivity index (χ0) is 20.9. The van der Waals surface area contributed by atoms with E-state index >= 15 is 0 Å². The summed E-state index contributed by atoms with van der Waals surface area (Å²) in [7, 11) is -2.44. The van der Waals surface area contributed by atoms with Crippen molar-refractivity contribution in [2.24, 2.45) is 5.92 Å². The van der Waals surface area contributed by atoms with E-state index < -0.39 is 16.1 Å². The molecule has 2 aliphatic heterocycles. The predicted molar refractivity (Wildman–Crippen MR) is 109 cm³/mol. The first-order valence-electron chi connectivity index (χ1n) is 10.2. The molecule has 0 aliphatic carbocycles. The van der Waals surface area contributed by atoms with Gasteiger partial charge in [0.25, 0.3) is 0 Å². The lowest BCUT2D eigenvalue weighted by Gasteiger charge is -2.34. The third-order valence-corrected chi connectivity index (χ3v) is 7.45. The number of amides is 2. The number of methoxy groups -OCH3 is 1. The van der Waals surface area contributed by atoms with E-state index in [1.807, 2.05) is 4.90 Å². The highest BCUT2D eigenvalue weighted by Gasteiger charge is 2.35. The molecule has 0 aromatic heterocycles. The van der Waals surface area contributed by atoms with Crippen molar-refractivity contribution in [3.63, 3.8) is 0 Å². The van der Waals surface area contributed by atoms with E-state index in [0.29, 0.717) is 18.7 Å². The molecular formula is C20H29N3O5S. The molecule has 0 radical (unpaired) electrons. The number of hydrogen-bond donors (Lipinski definition) is 1. The number of nitrogens with one attached hydrogen (secondary N) is 1. The van der Waals surface area contributed by atoms with Gasteiger partial charge < -0.3 is 9.64 Å². The van der Waals surface area contributed by atoms with Crippen molar-refractivity contribution in [1.82, 2.24) is 9.21 Å². The van der Waals surface area contributed by atoms with Crippen molar-refractivity contribution in [1.29, 1.82) is 0 Å².